The lowest BCUT2D eigenvalue weighted by Gasteiger charge is -2.71. The summed E-state index contributed by atoms with van der Waals surface area (Å²) in [4.78, 5) is 53.4. The fourth-order valence-corrected chi connectivity index (χ4v) is 9.52. The van der Waals surface area contributed by atoms with E-state index in [1.807, 2.05) is 13.8 Å². The number of imide groups is 1. The van der Waals surface area contributed by atoms with E-state index < -0.39 is 63.6 Å². The SMILES string of the molecule is C=C[C@@]1(C)CC(=O)[C@]2(O)[C@@]3(C)[C@@H](OCc4cn(CCCCN5C(=O)c6ccccc6C5=O)nn4)CCC(C)(C)[C@@H]3[C@H](OC(C)=O)[C@H](O)[C@@]2(C)O1. The van der Waals surface area contributed by atoms with Crippen LogP contribution in [0.2, 0.25) is 0 Å². The molecule has 2 aromatic rings. The first-order valence-electron chi connectivity index (χ1n) is 17.3. The molecule has 2 N–H and O–H groups in total. The van der Waals surface area contributed by atoms with Crippen molar-refractivity contribution in [2.45, 2.75) is 122 Å². The van der Waals surface area contributed by atoms with E-state index in [9.17, 15) is 29.4 Å². The molecule has 0 unspecified atom stereocenters. The second kappa shape index (κ2) is 12.5. The van der Waals surface area contributed by atoms with Crippen LogP contribution in [0.3, 0.4) is 0 Å². The molecule has 0 radical (unpaired) electrons. The molecule has 4 aliphatic rings. The summed E-state index contributed by atoms with van der Waals surface area (Å²) >= 11 is 0. The molecule has 270 valence electrons. The molecule has 2 amide bonds. The van der Waals surface area contributed by atoms with Crippen LogP contribution < -0.4 is 0 Å². The van der Waals surface area contributed by atoms with E-state index >= 15 is 0 Å². The Kier molecular flexibility index (Phi) is 8.98. The zero-order valence-electron chi connectivity index (χ0n) is 29.7. The summed E-state index contributed by atoms with van der Waals surface area (Å²) in [6.45, 7) is 14.9. The van der Waals surface area contributed by atoms with Gasteiger partial charge in [0, 0.05) is 37.8 Å². The number of aryl methyl sites for hydroxylation is 1. The quantitative estimate of drug-likeness (QED) is 0.162. The number of aliphatic hydroxyl groups excluding tert-OH is 1. The van der Waals surface area contributed by atoms with Crippen LogP contribution in [0.4, 0.5) is 0 Å². The monoisotopic (exact) mass is 692 g/mol. The summed E-state index contributed by atoms with van der Waals surface area (Å²) < 4.78 is 20.5. The number of carbonyl (C=O) groups is 4. The second-order valence-electron chi connectivity index (χ2n) is 15.6. The Morgan fingerprint density at radius 3 is 2.34 bits per heavy atom. The fraction of sp³-hybridized carbons (Fsp3) is 0.622. The Morgan fingerprint density at radius 1 is 1.08 bits per heavy atom. The van der Waals surface area contributed by atoms with Crippen molar-refractivity contribution in [2.75, 3.05) is 6.54 Å². The average Bonchev–Trinajstić information content (AvgIpc) is 3.61. The lowest BCUT2D eigenvalue weighted by molar-refractivity contribution is -0.373. The minimum Gasteiger partial charge on any atom is -0.459 e. The van der Waals surface area contributed by atoms with Crippen molar-refractivity contribution < 1.29 is 43.6 Å². The van der Waals surface area contributed by atoms with Crippen LogP contribution in [0.25, 0.3) is 0 Å². The lowest BCUT2D eigenvalue weighted by atomic mass is 9.39. The van der Waals surface area contributed by atoms with E-state index in [0.29, 0.717) is 55.6 Å². The highest BCUT2D eigenvalue weighted by atomic mass is 16.6. The van der Waals surface area contributed by atoms with E-state index in [-0.39, 0.29) is 24.8 Å². The molecule has 2 aliphatic heterocycles. The Labute approximate surface area is 291 Å². The van der Waals surface area contributed by atoms with Gasteiger partial charge >= 0.3 is 5.97 Å². The van der Waals surface area contributed by atoms with E-state index in [1.165, 1.54) is 24.8 Å². The number of unbranched alkanes of at least 4 members (excludes halogenated alkanes) is 1. The van der Waals surface area contributed by atoms with Gasteiger partial charge in [0.25, 0.3) is 11.8 Å². The van der Waals surface area contributed by atoms with E-state index in [0.717, 1.165) is 0 Å². The number of aliphatic hydroxyl groups is 2. The maximum Gasteiger partial charge on any atom is 0.303 e. The number of amides is 2. The van der Waals surface area contributed by atoms with Gasteiger partial charge < -0.3 is 24.4 Å². The lowest BCUT2D eigenvalue weighted by Crippen LogP contribution is -2.86. The van der Waals surface area contributed by atoms with Crippen molar-refractivity contribution >= 4 is 23.6 Å². The number of esters is 1. The number of aromatic nitrogens is 3. The van der Waals surface area contributed by atoms with Gasteiger partial charge in [-0.1, -0.05) is 44.2 Å². The van der Waals surface area contributed by atoms with Crippen LogP contribution in [0, 0.1) is 16.7 Å². The topological polar surface area (TPSA) is 170 Å². The number of nitrogens with zero attached hydrogens (tertiary/aromatic N) is 4. The largest absolute Gasteiger partial charge is 0.459 e. The minimum atomic E-state index is -2.22. The first kappa shape index (κ1) is 36.0. The standard InChI is InChI=1S/C37H48N4O9/c1-8-34(5)19-26(43)37(47)35(6)27(15-16-33(3,4)29(35)28(49-22(2)42)30(44)36(37,7)50-34)48-21-23-20-40(39-38-23)17-11-12-18-41-31(45)24-13-9-10-14-25(24)32(41)46/h8-10,13-14,20,27-30,44,47H,1,11-12,15-19,21H2,2-7H3/t27-,28-,29-,30-,34-,35-,36+,37-/m0/s1. The van der Waals surface area contributed by atoms with Gasteiger partial charge in [0.05, 0.1) is 35.6 Å². The number of Topliss-reactive ketones (excluding diaryl/α,β-unsaturated/α-hetero) is 1. The first-order chi connectivity index (χ1) is 23.4. The number of ether oxygens (including phenoxy) is 3. The van der Waals surface area contributed by atoms with Gasteiger partial charge in [0.15, 0.2) is 11.4 Å². The number of ketones is 1. The maximum atomic E-state index is 14.3. The van der Waals surface area contributed by atoms with Gasteiger partial charge in [-0.2, -0.15) is 0 Å². The van der Waals surface area contributed by atoms with Crippen molar-refractivity contribution in [1.29, 1.82) is 0 Å². The highest BCUT2D eigenvalue weighted by molar-refractivity contribution is 6.21. The van der Waals surface area contributed by atoms with Gasteiger partial charge in [0.1, 0.15) is 23.5 Å². The van der Waals surface area contributed by atoms with Gasteiger partial charge in [-0.15, -0.1) is 11.7 Å². The van der Waals surface area contributed by atoms with Crippen LogP contribution in [0.1, 0.15) is 100 Å². The molecule has 1 saturated heterocycles. The van der Waals surface area contributed by atoms with Gasteiger partial charge in [0.2, 0.25) is 0 Å². The van der Waals surface area contributed by atoms with Gasteiger partial charge in [-0.3, -0.25) is 28.8 Å². The van der Waals surface area contributed by atoms with E-state index in [4.69, 9.17) is 14.2 Å². The fourth-order valence-electron chi connectivity index (χ4n) is 9.52. The van der Waals surface area contributed by atoms with Crippen LogP contribution in [0.5, 0.6) is 0 Å². The summed E-state index contributed by atoms with van der Waals surface area (Å²) in [7, 11) is 0. The molecule has 2 aliphatic carbocycles. The highest BCUT2D eigenvalue weighted by Gasteiger charge is 2.81. The predicted molar refractivity (Wildman–Crippen MR) is 178 cm³/mol. The number of rotatable bonds is 10. The van der Waals surface area contributed by atoms with E-state index in [1.54, 1.807) is 49.0 Å². The molecular weight excluding hydrogens is 644 g/mol. The molecule has 50 heavy (non-hydrogen) atoms. The van der Waals surface area contributed by atoms with Crippen molar-refractivity contribution in [2.24, 2.45) is 16.7 Å². The molecule has 6 rings (SSSR count). The third-order valence-electron chi connectivity index (χ3n) is 11.9. The van der Waals surface area contributed by atoms with Crippen molar-refractivity contribution in [3.8, 4) is 0 Å². The van der Waals surface area contributed by atoms with Crippen LogP contribution in [-0.4, -0.2) is 95.3 Å². The van der Waals surface area contributed by atoms with Crippen molar-refractivity contribution in [1.82, 2.24) is 19.9 Å². The number of fused-ring (bicyclic) bond motifs is 4. The second-order valence-corrected chi connectivity index (χ2v) is 15.6. The molecule has 3 fully saturated rings. The zero-order valence-corrected chi connectivity index (χ0v) is 29.7. The smallest absolute Gasteiger partial charge is 0.303 e. The van der Waals surface area contributed by atoms with E-state index in [2.05, 4.69) is 16.9 Å². The maximum absolute atomic E-state index is 14.3. The van der Waals surface area contributed by atoms with Gasteiger partial charge in [-0.25, -0.2) is 0 Å². The first-order valence-corrected chi connectivity index (χ1v) is 17.3. The Morgan fingerprint density at radius 2 is 1.72 bits per heavy atom. The van der Waals surface area contributed by atoms with Crippen LogP contribution >= 0.6 is 0 Å². The molecule has 8 atom stereocenters. The third-order valence-corrected chi connectivity index (χ3v) is 11.9. The molecule has 13 heteroatoms. The number of hydrogen-bond acceptors (Lipinski definition) is 11. The number of benzene rings is 1. The molecule has 13 nitrogen and oxygen atoms in total. The molecule has 3 heterocycles. The van der Waals surface area contributed by atoms with Crippen molar-refractivity contribution in [3.05, 3.63) is 59.9 Å². The third kappa shape index (κ3) is 5.35. The van der Waals surface area contributed by atoms with Gasteiger partial charge in [-0.05, 0) is 57.1 Å². The number of carbonyl (C=O) groups excluding carboxylic acids is 4. The molecule has 2 saturated carbocycles. The Bertz CT molecular complexity index is 1690. The summed E-state index contributed by atoms with van der Waals surface area (Å²) in [5.41, 5.74) is -5.83. The molecular formula is C37H48N4O9. The minimum absolute atomic E-state index is 0.0233. The number of hydrogen-bond donors (Lipinski definition) is 2. The average molecular weight is 693 g/mol. The Balaban J connectivity index is 1.19. The molecule has 1 aromatic carbocycles. The predicted octanol–water partition coefficient (Wildman–Crippen LogP) is 3.41. The summed E-state index contributed by atoms with van der Waals surface area (Å²) in [6, 6.07) is 6.82. The summed E-state index contributed by atoms with van der Waals surface area (Å²) in [5.74, 6) is -2.34. The van der Waals surface area contributed by atoms with Crippen LogP contribution in [0.15, 0.2) is 43.1 Å². The molecule has 1 aromatic heterocycles. The Hall–Kier alpha value is -3.78. The van der Waals surface area contributed by atoms with Crippen molar-refractivity contribution in [3.63, 3.8) is 0 Å². The molecule has 0 spiro atoms. The normalized spacial score (nSPS) is 36.1. The van der Waals surface area contributed by atoms with Crippen LogP contribution in [-0.2, 0) is 37.0 Å². The summed E-state index contributed by atoms with van der Waals surface area (Å²) in [5, 5.41) is 33.3. The zero-order chi connectivity index (χ0) is 36.4. The molecule has 0 bridgehead atoms. The summed E-state index contributed by atoms with van der Waals surface area (Å²) in [6.07, 6.45) is 2.03. The highest BCUT2D eigenvalue weighted by Crippen LogP contribution is 2.67.